The summed E-state index contributed by atoms with van der Waals surface area (Å²) in [5, 5.41) is 4.01. The lowest BCUT2D eigenvalue weighted by molar-refractivity contribution is 0.110. The van der Waals surface area contributed by atoms with E-state index in [0.29, 0.717) is 59.2 Å². The summed E-state index contributed by atoms with van der Waals surface area (Å²) < 4.78 is 22.9. The number of ether oxygens (including phenoxy) is 4. The van der Waals surface area contributed by atoms with E-state index in [0.717, 1.165) is 33.5 Å². The van der Waals surface area contributed by atoms with Crippen molar-refractivity contribution in [1.29, 1.82) is 0 Å². The molecule has 5 heterocycles. The van der Waals surface area contributed by atoms with Gasteiger partial charge < -0.3 is 18.9 Å². The molecular formula is C18H12O6S3. The maximum Gasteiger partial charge on any atom is 0.183 e. The van der Waals surface area contributed by atoms with Gasteiger partial charge in [-0.05, 0) is 0 Å². The van der Waals surface area contributed by atoms with Crippen molar-refractivity contribution in [3.05, 3.63) is 20.5 Å². The van der Waals surface area contributed by atoms with Crippen LogP contribution >= 0.6 is 34.0 Å². The Morgan fingerprint density at radius 1 is 0.667 bits per heavy atom. The predicted molar refractivity (Wildman–Crippen MR) is 104 cm³/mol. The molecule has 3 aromatic heterocycles. The van der Waals surface area contributed by atoms with Gasteiger partial charge in [-0.1, -0.05) is 0 Å². The molecule has 0 aliphatic carbocycles. The molecule has 5 rings (SSSR count). The van der Waals surface area contributed by atoms with Crippen molar-refractivity contribution in [2.75, 3.05) is 26.4 Å². The van der Waals surface area contributed by atoms with Crippen LogP contribution in [0.4, 0.5) is 0 Å². The molecular weight excluding hydrogens is 408 g/mol. The Labute approximate surface area is 165 Å². The van der Waals surface area contributed by atoms with Crippen LogP contribution in [0.25, 0.3) is 20.9 Å². The van der Waals surface area contributed by atoms with E-state index in [1.54, 1.807) is 0 Å². The van der Waals surface area contributed by atoms with Crippen molar-refractivity contribution < 1.29 is 28.5 Å². The van der Waals surface area contributed by atoms with Gasteiger partial charge in [0.1, 0.15) is 36.2 Å². The molecule has 2 aliphatic heterocycles. The first-order valence-corrected chi connectivity index (χ1v) is 10.7. The molecule has 0 bridgehead atoms. The summed E-state index contributed by atoms with van der Waals surface area (Å²) in [6.45, 7) is 1.73. The molecule has 0 unspecified atom stereocenters. The van der Waals surface area contributed by atoms with Crippen LogP contribution in [0.15, 0.2) is 10.8 Å². The number of rotatable bonds is 4. The van der Waals surface area contributed by atoms with Gasteiger partial charge in [0.15, 0.2) is 35.6 Å². The van der Waals surface area contributed by atoms with Crippen LogP contribution in [-0.2, 0) is 0 Å². The maximum absolute atomic E-state index is 11.5. The third-order valence-electron chi connectivity index (χ3n) is 4.21. The van der Waals surface area contributed by atoms with Crippen LogP contribution in [0.2, 0.25) is 0 Å². The van der Waals surface area contributed by atoms with Gasteiger partial charge in [0.2, 0.25) is 0 Å². The quantitative estimate of drug-likeness (QED) is 0.584. The first-order chi connectivity index (χ1) is 13.3. The summed E-state index contributed by atoms with van der Waals surface area (Å²) in [6.07, 6.45) is 1.59. The maximum atomic E-state index is 11.5. The zero-order chi connectivity index (χ0) is 18.4. The lowest BCUT2D eigenvalue weighted by Gasteiger charge is -2.17. The highest BCUT2D eigenvalue weighted by Crippen LogP contribution is 2.55. The van der Waals surface area contributed by atoms with E-state index in [1.165, 1.54) is 34.0 Å². The van der Waals surface area contributed by atoms with Crippen molar-refractivity contribution >= 4 is 46.6 Å². The Kier molecular flexibility index (Phi) is 4.14. The second kappa shape index (κ2) is 6.66. The van der Waals surface area contributed by atoms with Crippen LogP contribution < -0.4 is 18.9 Å². The molecule has 0 N–H and O–H groups in total. The monoisotopic (exact) mass is 420 g/mol. The predicted octanol–water partition coefficient (Wildman–Crippen LogP) is 4.37. The fraction of sp³-hybridized carbons (Fsp3) is 0.222. The molecule has 0 aromatic carbocycles. The molecule has 0 radical (unpaired) electrons. The molecule has 6 nitrogen and oxygen atoms in total. The molecule has 0 saturated carbocycles. The first-order valence-electron chi connectivity index (χ1n) is 8.14. The normalized spacial score (nSPS) is 14.8. The number of carbonyl (C=O) groups is 2. The summed E-state index contributed by atoms with van der Waals surface area (Å²) in [5.74, 6) is 2.22. The Hall–Kier alpha value is -2.36. The van der Waals surface area contributed by atoms with E-state index in [-0.39, 0.29) is 0 Å². The number of hydrogen-bond donors (Lipinski definition) is 0. The smallest absolute Gasteiger partial charge is 0.183 e. The van der Waals surface area contributed by atoms with E-state index >= 15 is 0 Å². The van der Waals surface area contributed by atoms with Gasteiger partial charge in [-0.15, -0.1) is 22.7 Å². The van der Waals surface area contributed by atoms with Gasteiger partial charge in [-0.2, -0.15) is 11.3 Å². The second-order valence-electron chi connectivity index (χ2n) is 5.74. The standard InChI is InChI=1S/C18H12O6S3/c19-5-11-13-15(23-3-1-21-13)17(26-11)9-7-25-8-10(9)18-16-14(12(6-20)27-18)22-2-4-24-16/h5-8H,1-4H2. The molecule has 9 heteroatoms. The summed E-state index contributed by atoms with van der Waals surface area (Å²) >= 11 is 4.22. The minimum absolute atomic E-state index is 0.423. The van der Waals surface area contributed by atoms with Crippen molar-refractivity contribution in [3.8, 4) is 43.9 Å². The van der Waals surface area contributed by atoms with Gasteiger partial charge in [0, 0.05) is 21.9 Å². The highest BCUT2D eigenvalue weighted by Gasteiger charge is 2.30. The average Bonchev–Trinajstić information content (AvgIpc) is 3.42. The molecule has 0 atom stereocenters. The number of aldehydes is 2. The van der Waals surface area contributed by atoms with E-state index in [4.69, 9.17) is 18.9 Å². The molecule has 2 aliphatic rings. The van der Waals surface area contributed by atoms with Gasteiger partial charge in [0.25, 0.3) is 0 Å². The number of thiophene rings is 3. The van der Waals surface area contributed by atoms with Crippen molar-refractivity contribution in [3.63, 3.8) is 0 Å². The number of carbonyl (C=O) groups excluding carboxylic acids is 2. The number of hydrogen-bond acceptors (Lipinski definition) is 9. The molecule has 0 spiro atoms. The first kappa shape index (κ1) is 16.8. The average molecular weight is 420 g/mol. The Morgan fingerprint density at radius 3 is 1.48 bits per heavy atom. The summed E-state index contributed by atoms with van der Waals surface area (Å²) in [5.41, 5.74) is 1.85. The van der Waals surface area contributed by atoms with Gasteiger partial charge in [0.05, 0.1) is 9.75 Å². The minimum atomic E-state index is 0.423. The largest absolute Gasteiger partial charge is 0.485 e. The zero-order valence-corrected chi connectivity index (χ0v) is 16.3. The number of fused-ring (bicyclic) bond motifs is 2. The van der Waals surface area contributed by atoms with Crippen molar-refractivity contribution in [2.45, 2.75) is 0 Å². The van der Waals surface area contributed by atoms with Crippen molar-refractivity contribution in [1.82, 2.24) is 0 Å². The van der Waals surface area contributed by atoms with Crippen molar-refractivity contribution in [2.24, 2.45) is 0 Å². The highest BCUT2D eigenvalue weighted by molar-refractivity contribution is 7.20. The third-order valence-corrected chi connectivity index (χ3v) is 7.18. The SMILES string of the molecule is O=Cc1sc(-c2cscc2-c2sc(C=O)c3c2OCCO3)c2c1OCCO2. The fourth-order valence-electron chi connectivity index (χ4n) is 3.10. The van der Waals surface area contributed by atoms with Crippen LogP contribution in [0, 0.1) is 0 Å². The van der Waals surface area contributed by atoms with Gasteiger partial charge in [-0.3, -0.25) is 9.59 Å². The Morgan fingerprint density at radius 2 is 1.07 bits per heavy atom. The summed E-state index contributed by atoms with van der Waals surface area (Å²) in [4.78, 5) is 25.6. The molecule has 3 aromatic rings. The van der Waals surface area contributed by atoms with Gasteiger partial charge >= 0.3 is 0 Å². The van der Waals surface area contributed by atoms with Crippen LogP contribution in [-0.4, -0.2) is 39.0 Å². The zero-order valence-electron chi connectivity index (χ0n) is 13.8. The molecule has 138 valence electrons. The lowest BCUT2D eigenvalue weighted by Crippen LogP contribution is -2.15. The molecule has 27 heavy (non-hydrogen) atoms. The third kappa shape index (κ3) is 2.57. The Bertz CT molecular complexity index is 963. The molecule has 0 amide bonds. The lowest BCUT2D eigenvalue weighted by atomic mass is 10.1. The summed E-state index contributed by atoms with van der Waals surface area (Å²) in [6, 6.07) is 0. The van der Waals surface area contributed by atoms with Gasteiger partial charge in [-0.25, -0.2) is 0 Å². The second-order valence-corrected chi connectivity index (χ2v) is 8.58. The Balaban J connectivity index is 1.69. The summed E-state index contributed by atoms with van der Waals surface area (Å²) in [7, 11) is 0. The van der Waals surface area contributed by atoms with E-state index < -0.39 is 0 Å². The van der Waals surface area contributed by atoms with Crippen LogP contribution in [0.1, 0.15) is 19.3 Å². The van der Waals surface area contributed by atoms with E-state index in [9.17, 15) is 9.59 Å². The van der Waals surface area contributed by atoms with Crippen LogP contribution in [0.5, 0.6) is 23.0 Å². The topological polar surface area (TPSA) is 71.1 Å². The van der Waals surface area contributed by atoms with Crippen LogP contribution in [0.3, 0.4) is 0 Å². The van der Waals surface area contributed by atoms with E-state index in [2.05, 4.69) is 0 Å². The molecule has 0 fully saturated rings. The van der Waals surface area contributed by atoms with E-state index in [1.807, 2.05) is 10.8 Å². The minimum Gasteiger partial charge on any atom is -0.485 e. The fourth-order valence-corrected chi connectivity index (χ4v) is 6.15. The highest BCUT2D eigenvalue weighted by atomic mass is 32.1. The molecule has 0 saturated heterocycles.